The van der Waals surface area contributed by atoms with Gasteiger partial charge in [0.05, 0.1) is 12.8 Å². The van der Waals surface area contributed by atoms with Crippen LogP contribution in [0.4, 0.5) is 10.3 Å². The Morgan fingerprint density at radius 2 is 1.17 bits per heavy atom. The van der Waals surface area contributed by atoms with Crippen LogP contribution in [0.25, 0.3) is 11.1 Å². The van der Waals surface area contributed by atoms with Crippen LogP contribution in [-0.2, 0) is 22.4 Å². The molecule has 3 aliphatic carbocycles. The number of hydrogen-bond donors (Lipinski definition) is 2. The van der Waals surface area contributed by atoms with Crippen LogP contribution >= 0.6 is 22.7 Å². The van der Waals surface area contributed by atoms with E-state index in [-0.39, 0.29) is 23.7 Å². The first-order chi connectivity index (χ1) is 20.6. The summed E-state index contributed by atoms with van der Waals surface area (Å²) in [6, 6.07) is 16.5. The number of allylic oxidation sites excluding steroid dienone is 2. The molecule has 1 fully saturated rings. The minimum atomic E-state index is -0.0703. The minimum Gasteiger partial charge on any atom is -0.300 e. The van der Waals surface area contributed by atoms with Crippen LogP contribution < -0.4 is 10.6 Å². The minimum absolute atomic E-state index is 0.0703. The SMILES string of the molecule is O=C(CC1=CCc2ccccc21)Nc1nnc([C@@H]2CCC[C@H](c3nnc(NC(=O)CC4=CCc5ccccc54)s3)C2)s1. The van der Waals surface area contributed by atoms with E-state index in [9.17, 15) is 9.59 Å². The van der Waals surface area contributed by atoms with E-state index in [1.807, 2.05) is 24.3 Å². The Hall–Kier alpha value is -4.02. The summed E-state index contributed by atoms with van der Waals surface area (Å²) in [5.41, 5.74) is 6.99. The highest BCUT2D eigenvalue weighted by Crippen LogP contribution is 2.43. The Morgan fingerprint density at radius 1 is 0.690 bits per heavy atom. The van der Waals surface area contributed by atoms with Gasteiger partial charge in [-0.1, -0.05) is 89.8 Å². The molecule has 0 saturated heterocycles. The zero-order valence-corrected chi connectivity index (χ0v) is 24.6. The van der Waals surface area contributed by atoms with Crippen molar-refractivity contribution >= 4 is 55.9 Å². The van der Waals surface area contributed by atoms with Crippen LogP contribution in [0.1, 0.15) is 82.6 Å². The number of fused-ring (bicyclic) bond motifs is 2. The van der Waals surface area contributed by atoms with Gasteiger partial charge in [-0.2, -0.15) is 0 Å². The van der Waals surface area contributed by atoms with Crippen LogP contribution in [0.2, 0.25) is 0 Å². The summed E-state index contributed by atoms with van der Waals surface area (Å²) in [4.78, 5) is 25.5. The lowest BCUT2D eigenvalue weighted by atomic mass is 9.82. The van der Waals surface area contributed by atoms with Gasteiger partial charge in [0.25, 0.3) is 0 Å². The van der Waals surface area contributed by atoms with Gasteiger partial charge in [0.2, 0.25) is 22.1 Å². The highest BCUT2D eigenvalue weighted by Gasteiger charge is 2.30. The lowest BCUT2D eigenvalue weighted by Gasteiger charge is -2.25. The van der Waals surface area contributed by atoms with E-state index < -0.39 is 0 Å². The molecule has 2 aromatic carbocycles. The predicted molar refractivity (Wildman–Crippen MR) is 167 cm³/mol. The molecule has 2 amide bonds. The third-order valence-corrected chi connectivity index (χ3v) is 10.3. The van der Waals surface area contributed by atoms with Crippen LogP contribution in [-0.4, -0.2) is 32.2 Å². The molecule has 7 rings (SSSR count). The van der Waals surface area contributed by atoms with Gasteiger partial charge in [0.15, 0.2) is 0 Å². The van der Waals surface area contributed by atoms with Gasteiger partial charge >= 0.3 is 0 Å². The van der Waals surface area contributed by atoms with E-state index in [1.165, 1.54) is 33.8 Å². The second kappa shape index (κ2) is 11.7. The molecule has 0 aliphatic heterocycles. The van der Waals surface area contributed by atoms with E-state index in [2.05, 4.69) is 67.4 Å². The van der Waals surface area contributed by atoms with Crippen molar-refractivity contribution in [1.82, 2.24) is 20.4 Å². The van der Waals surface area contributed by atoms with Gasteiger partial charge in [0.1, 0.15) is 10.0 Å². The smallest absolute Gasteiger partial charge is 0.230 e. The first kappa shape index (κ1) is 26.9. The summed E-state index contributed by atoms with van der Waals surface area (Å²) in [7, 11) is 0. The van der Waals surface area contributed by atoms with Crippen molar-refractivity contribution in [2.75, 3.05) is 10.6 Å². The first-order valence-electron chi connectivity index (χ1n) is 14.4. The lowest BCUT2D eigenvalue weighted by molar-refractivity contribution is -0.116. The molecule has 2 aromatic heterocycles. The number of nitrogens with one attached hydrogen (secondary N) is 2. The Balaban J connectivity index is 0.931. The molecule has 0 unspecified atom stereocenters. The molecule has 0 radical (unpaired) electrons. The van der Waals surface area contributed by atoms with Crippen LogP contribution in [0.3, 0.4) is 0 Å². The fourth-order valence-electron chi connectivity index (χ4n) is 6.26. The second-order valence-electron chi connectivity index (χ2n) is 11.1. The molecule has 2 atom stereocenters. The normalized spacial score (nSPS) is 19.0. The van der Waals surface area contributed by atoms with Crippen molar-refractivity contribution in [2.24, 2.45) is 0 Å². The molecule has 212 valence electrons. The fourth-order valence-corrected chi connectivity index (χ4v) is 8.07. The van der Waals surface area contributed by atoms with E-state index in [4.69, 9.17) is 0 Å². The highest BCUT2D eigenvalue weighted by atomic mass is 32.1. The molecule has 8 nitrogen and oxygen atoms in total. The number of rotatable bonds is 8. The number of benzene rings is 2. The van der Waals surface area contributed by atoms with Gasteiger partial charge in [-0.3, -0.25) is 9.59 Å². The Morgan fingerprint density at radius 3 is 1.67 bits per heavy atom. The molecular formula is C32H30N6O2S2. The average molecular weight is 595 g/mol. The van der Waals surface area contributed by atoms with Crippen molar-refractivity contribution in [3.05, 3.63) is 93.0 Å². The van der Waals surface area contributed by atoms with E-state index in [0.717, 1.165) is 70.8 Å². The Bertz CT molecular complexity index is 1600. The molecule has 1 saturated carbocycles. The van der Waals surface area contributed by atoms with Gasteiger partial charge in [0, 0.05) is 11.8 Å². The van der Waals surface area contributed by atoms with Gasteiger partial charge in [-0.05, 0) is 65.5 Å². The average Bonchev–Trinajstić information content (AvgIpc) is 3.82. The molecule has 3 aliphatic rings. The molecule has 2 N–H and O–H groups in total. The monoisotopic (exact) mass is 594 g/mol. The van der Waals surface area contributed by atoms with E-state index in [1.54, 1.807) is 0 Å². The topological polar surface area (TPSA) is 110 Å². The lowest BCUT2D eigenvalue weighted by Crippen LogP contribution is -2.13. The number of anilines is 2. The van der Waals surface area contributed by atoms with Crippen LogP contribution in [0.15, 0.2) is 60.7 Å². The zero-order chi connectivity index (χ0) is 28.5. The number of hydrogen-bond acceptors (Lipinski definition) is 8. The molecule has 42 heavy (non-hydrogen) atoms. The summed E-state index contributed by atoms with van der Waals surface area (Å²) in [5.74, 6) is 0.373. The second-order valence-corrected chi connectivity index (χ2v) is 13.1. The first-order valence-corrected chi connectivity index (χ1v) is 16.0. The summed E-state index contributed by atoms with van der Waals surface area (Å²) in [6.45, 7) is 0. The number of aromatic nitrogens is 4. The standard InChI is InChI=1S/C32H30N6O2S2/c39-27(17-21-14-12-19-6-1-3-10-25(19)21)33-31-37-35-29(41-31)23-8-5-9-24(16-23)30-36-38-32(42-30)34-28(40)18-22-15-13-20-7-2-4-11-26(20)22/h1-4,6-7,10-11,14-15,23-24H,5,8-9,12-13,16-18H2,(H,33,37,39)(H,34,38,40)/t23-,24+. The van der Waals surface area contributed by atoms with Crippen LogP contribution in [0.5, 0.6) is 0 Å². The largest absolute Gasteiger partial charge is 0.300 e. The van der Waals surface area contributed by atoms with Gasteiger partial charge in [-0.15, -0.1) is 20.4 Å². The van der Waals surface area contributed by atoms with E-state index >= 15 is 0 Å². The summed E-state index contributed by atoms with van der Waals surface area (Å²) in [6.07, 6.45) is 10.7. The van der Waals surface area contributed by atoms with Crippen molar-refractivity contribution in [3.8, 4) is 0 Å². The summed E-state index contributed by atoms with van der Waals surface area (Å²) in [5, 5.41) is 26.3. The number of carbonyl (C=O) groups is 2. The summed E-state index contributed by atoms with van der Waals surface area (Å²) >= 11 is 2.93. The number of nitrogens with zero attached hydrogens (tertiary/aromatic N) is 4. The number of carbonyl (C=O) groups excluding carboxylic acids is 2. The maximum Gasteiger partial charge on any atom is 0.230 e. The predicted octanol–water partition coefficient (Wildman–Crippen LogP) is 6.77. The van der Waals surface area contributed by atoms with E-state index in [0.29, 0.717) is 23.1 Å². The third-order valence-electron chi connectivity index (χ3n) is 8.31. The quantitative estimate of drug-likeness (QED) is 0.233. The van der Waals surface area contributed by atoms with Crippen molar-refractivity contribution in [1.29, 1.82) is 0 Å². The number of amides is 2. The van der Waals surface area contributed by atoms with Crippen LogP contribution in [0, 0.1) is 0 Å². The molecule has 10 heteroatoms. The molecule has 4 aromatic rings. The molecule has 0 bridgehead atoms. The Kier molecular flexibility index (Phi) is 7.48. The third kappa shape index (κ3) is 5.69. The van der Waals surface area contributed by atoms with Crippen molar-refractivity contribution in [2.45, 2.75) is 63.2 Å². The fraction of sp³-hybridized carbons (Fsp3) is 0.312. The maximum atomic E-state index is 12.8. The van der Waals surface area contributed by atoms with Gasteiger partial charge in [-0.25, -0.2) is 0 Å². The molecule has 2 heterocycles. The molecule has 0 spiro atoms. The highest BCUT2D eigenvalue weighted by molar-refractivity contribution is 7.15. The van der Waals surface area contributed by atoms with Crippen molar-refractivity contribution in [3.63, 3.8) is 0 Å². The Labute approximate surface area is 252 Å². The summed E-state index contributed by atoms with van der Waals surface area (Å²) < 4.78 is 0. The zero-order valence-electron chi connectivity index (χ0n) is 23.0. The van der Waals surface area contributed by atoms with Gasteiger partial charge < -0.3 is 10.6 Å². The van der Waals surface area contributed by atoms with Crippen molar-refractivity contribution < 1.29 is 9.59 Å². The molecular weight excluding hydrogens is 565 g/mol. The maximum absolute atomic E-state index is 12.8.